The lowest BCUT2D eigenvalue weighted by atomic mass is 9.98. The largest absolute Gasteiger partial charge is 0.477 e. The van der Waals surface area contributed by atoms with E-state index in [1.54, 1.807) is 12.1 Å². The highest BCUT2D eigenvalue weighted by atomic mass is 19.4. The van der Waals surface area contributed by atoms with Gasteiger partial charge in [0.2, 0.25) is 0 Å². The number of tetrazole rings is 1. The quantitative estimate of drug-likeness (QED) is 0.381. The van der Waals surface area contributed by atoms with Gasteiger partial charge in [-0.25, -0.2) is 14.9 Å². The molecule has 34 heavy (non-hydrogen) atoms. The van der Waals surface area contributed by atoms with Gasteiger partial charge in [-0.05, 0) is 33.5 Å². The Hall–Kier alpha value is -4.02. The molecule has 176 valence electrons. The second-order valence-electron chi connectivity index (χ2n) is 7.71. The van der Waals surface area contributed by atoms with Crippen molar-refractivity contribution in [1.29, 1.82) is 0 Å². The number of benzene rings is 2. The number of aromatic carboxylic acids is 1. The van der Waals surface area contributed by atoms with Crippen LogP contribution in [-0.2, 0) is 19.1 Å². The minimum absolute atomic E-state index is 0.0439. The number of H-pyrrole nitrogens is 1. The first-order valence-corrected chi connectivity index (χ1v) is 10.6. The SMILES string of the molecule is CCCCc1nc(C(F)(F)F)c(C(=O)O)n1Cc1ccc(-c2ccccc2-c2nnn[nH]2)cc1. The molecular formula is C23H21F3N6O2. The summed E-state index contributed by atoms with van der Waals surface area (Å²) in [5.41, 5.74) is 0.947. The van der Waals surface area contributed by atoms with Gasteiger partial charge in [0, 0.05) is 18.5 Å². The van der Waals surface area contributed by atoms with Gasteiger partial charge in [-0.3, -0.25) is 0 Å². The summed E-state index contributed by atoms with van der Waals surface area (Å²) in [7, 11) is 0. The number of aromatic nitrogens is 6. The number of hydrogen-bond acceptors (Lipinski definition) is 5. The molecule has 0 radical (unpaired) electrons. The normalized spacial score (nSPS) is 11.6. The van der Waals surface area contributed by atoms with Crippen LogP contribution >= 0.6 is 0 Å². The molecule has 4 rings (SSSR count). The summed E-state index contributed by atoms with van der Waals surface area (Å²) in [6, 6.07) is 14.7. The fraction of sp³-hybridized carbons (Fsp3) is 0.261. The van der Waals surface area contributed by atoms with E-state index in [9.17, 15) is 23.1 Å². The summed E-state index contributed by atoms with van der Waals surface area (Å²) in [4.78, 5) is 15.5. The van der Waals surface area contributed by atoms with Crippen molar-refractivity contribution in [3.63, 3.8) is 0 Å². The number of rotatable bonds is 8. The molecule has 0 amide bonds. The first-order chi connectivity index (χ1) is 16.3. The molecule has 0 spiro atoms. The van der Waals surface area contributed by atoms with Gasteiger partial charge >= 0.3 is 12.1 Å². The van der Waals surface area contributed by atoms with Crippen LogP contribution in [0.1, 0.15) is 47.3 Å². The van der Waals surface area contributed by atoms with Crippen molar-refractivity contribution in [3.05, 3.63) is 71.3 Å². The van der Waals surface area contributed by atoms with E-state index in [1.807, 2.05) is 43.3 Å². The van der Waals surface area contributed by atoms with Gasteiger partial charge in [-0.1, -0.05) is 61.9 Å². The number of alkyl halides is 3. The number of carboxylic acids is 1. The Morgan fingerprint density at radius 1 is 1.09 bits per heavy atom. The maximum atomic E-state index is 13.5. The Kier molecular flexibility index (Phi) is 6.44. The molecular weight excluding hydrogens is 449 g/mol. The number of carboxylic acid groups (broad SMARTS) is 1. The summed E-state index contributed by atoms with van der Waals surface area (Å²) in [6.07, 6.45) is -3.27. The summed E-state index contributed by atoms with van der Waals surface area (Å²) in [5.74, 6) is -1.04. The number of carbonyl (C=O) groups is 1. The molecule has 0 bridgehead atoms. The standard InChI is InChI=1S/C23H21F3N6O2/c1-2-3-8-18-27-20(23(24,25)26)19(22(33)34)32(18)13-14-9-11-15(12-10-14)16-6-4-5-7-17(16)21-28-30-31-29-21/h4-7,9-12H,2-3,8,13H2,1H3,(H,33,34)(H,28,29,30,31). The van der Waals surface area contributed by atoms with Gasteiger partial charge in [-0.2, -0.15) is 13.2 Å². The zero-order valence-electron chi connectivity index (χ0n) is 18.2. The van der Waals surface area contributed by atoms with E-state index in [4.69, 9.17) is 0 Å². The number of nitrogens with zero attached hydrogens (tertiary/aromatic N) is 5. The third-order valence-electron chi connectivity index (χ3n) is 5.40. The third-order valence-corrected chi connectivity index (χ3v) is 5.40. The van der Waals surface area contributed by atoms with Crippen molar-refractivity contribution >= 4 is 5.97 Å². The van der Waals surface area contributed by atoms with Crippen molar-refractivity contribution in [3.8, 4) is 22.5 Å². The number of imidazole rings is 1. The summed E-state index contributed by atoms with van der Waals surface area (Å²) in [6.45, 7) is 1.86. The fourth-order valence-electron chi connectivity index (χ4n) is 3.80. The fourth-order valence-corrected chi connectivity index (χ4v) is 3.80. The molecule has 4 aromatic rings. The van der Waals surface area contributed by atoms with Crippen molar-refractivity contribution in [2.24, 2.45) is 0 Å². The van der Waals surface area contributed by atoms with Gasteiger partial charge in [-0.15, -0.1) is 5.10 Å². The van der Waals surface area contributed by atoms with Gasteiger partial charge < -0.3 is 9.67 Å². The van der Waals surface area contributed by atoms with Crippen LogP contribution in [0, 0.1) is 0 Å². The molecule has 0 saturated heterocycles. The molecule has 0 unspecified atom stereocenters. The molecule has 0 aliphatic carbocycles. The molecule has 11 heteroatoms. The second-order valence-corrected chi connectivity index (χ2v) is 7.71. The van der Waals surface area contributed by atoms with Gasteiger partial charge in [0.15, 0.2) is 17.2 Å². The van der Waals surface area contributed by atoms with E-state index in [-0.39, 0.29) is 18.8 Å². The second kappa shape index (κ2) is 9.46. The molecule has 0 saturated carbocycles. The van der Waals surface area contributed by atoms with Crippen LogP contribution in [0.2, 0.25) is 0 Å². The molecule has 2 N–H and O–H groups in total. The van der Waals surface area contributed by atoms with E-state index in [1.165, 1.54) is 0 Å². The lowest BCUT2D eigenvalue weighted by molar-refractivity contribution is -0.141. The lowest BCUT2D eigenvalue weighted by Crippen LogP contribution is -2.17. The first-order valence-electron chi connectivity index (χ1n) is 10.6. The number of aryl methyl sites for hydroxylation is 1. The Morgan fingerprint density at radius 2 is 1.79 bits per heavy atom. The van der Waals surface area contributed by atoms with Crippen LogP contribution in [0.15, 0.2) is 48.5 Å². The average molecular weight is 470 g/mol. The number of nitrogens with one attached hydrogen (secondary N) is 1. The van der Waals surface area contributed by atoms with Crippen LogP contribution in [0.25, 0.3) is 22.5 Å². The zero-order valence-corrected chi connectivity index (χ0v) is 18.2. The smallest absolute Gasteiger partial charge is 0.435 e. The van der Waals surface area contributed by atoms with Gasteiger partial charge in [0.25, 0.3) is 0 Å². The number of aromatic amines is 1. The van der Waals surface area contributed by atoms with E-state index in [2.05, 4.69) is 25.6 Å². The Morgan fingerprint density at radius 3 is 2.38 bits per heavy atom. The minimum atomic E-state index is -4.86. The molecule has 0 atom stereocenters. The minimum Gasteiger partial charge on any atom is -0.477 e. The predicted octanol–water partition coefficient (Wildman–Crippen LogP) is 4.84. The van der Waals surface area contributed by atoms with E-state index < -0.39 is 23.5 Å². The van der Waals surface area contributed by atoms with Gasteiger partial charge in [0.1, 0.15) is 5.82 Å². The molecule has 0 aliphatic rings. The van der Waals surface area contributed by atoms with E-state index in [0.717, 1.165) is 27.7 Å². The maximum absolute atomic E-state index is 13.5. The van der Waals surface area contributed by atoms with Crippen LogP contribution in [0.4, 0.5) is 13.2 Å². The van der Waals surface area contributed by atoms with Gasteiger partial charge in [0.05, 0.1) is 0 Å². The molecule has 2 heterocycles. The van der Waals surface area contributed by atoms with E-state index in [0.29, 0.717) is 17.8 Å². The number of hydrogen-bond donors (Lipinski definition) is 2. The molecule has 0 fully saturated rings. The maximum Gasteiger partial charge on any atom is 0.435 e. The lowest BCUT2D eigenvalue weighted by Gasteiger charge is -2.12. The average Bonchev–Trinajstić information content (AvgIpc) is 3.47. The molecule has 0 aliphatic heterocycles. The number of unbranched alkanes of at least 4 members (excludes halogenated alkanes) is 1. The van der Waals surface area contributed by atoms with Crippen LogP contribution < -0.4 is 0 Å². The van der Waals surface area contributed by atoms with Crippen molar-refractivity contribution < 1.29 is 23.1 Å². The topological polar surface area (TPSA) is 110 Å². The Bertz CT molecular complexity index is 1280. The summed E-state index contributed by atoms with van der Waals surface area (Å²) < 4.78 is 41.7. The summed E-state index contributed by atoms with van der Waals surface area (Å²) in [5, 5.41) is 23.5. The van der Waals surface area contributed by atoms with Crippen molar-refractivity contribution in [1.82, 2.24) is 30.2 Å². The zero-order chi connectivity index (χ0) is 24.3. The number of halogens is 3. The van der Waals surface area contributed by atoms with Crippen molar-refractivity contribution in [2.75, 3.05) is 0 Å². The Balaban J connectivity index is 1.70. The highest BCUT2D eigenvalue weighted by Gasteiger charge is 2.41. The predicted molar refractivity (Wildman–Crippen MR) is 117 cm³/mol. The Labute approximate surface area is 192 Å². The first kappa shape index (κ1) is 23.1. The van der Waals surface area contributed by atoms with E-state index >= 15 is 0 Å². The highest BCUT2D eigenvalue weighted by Crippen LogP contribution is 2.33. The highest BCUT2D eigenvalue weighted by molar-refractivity contribution is 5.87. The van der Waals surface area contributed by atoms with Crippen molar-refractivity contribution in [2.45, 2.75) is 38.9 Å². The van der Waals surface area contributed by atoms with Crippen LogP contribution in [-0.4, -0.2) is 41.3 Å². The van der Waals surface area contributed by atoms with Crippen LogP contribution in [0.5, 0.6) is 0 Å². The molecule has 2 aromatic carbocycles. The third kappa shape index (κ3) is 4.68. The molecule has 2 aromatic heterocycles. The summed E-state index contributed by atoms with van der Waals surface area (Å²) >= 11 is 0. The molecule has 8 nitrogen and oxygen atoms in total. The monoisotopic (exact) mass is 470 g/mol. The van der Waals surface area contributed by atoms with Crippen LogP contribution in [0.3, 0.4) is 0 Å².